The Morgan fingerprint density at radius 1 is 1.10 bits per heavy atom. The largest absolute Gasteiger partial charge is 0.392 e. The lowest BCUT2D eigenvalue weighted by Crippen LogP contribution is -2.47. The minimum Gasteiger partial charge on any atom is -0.392 e. The first-order valence-corrected chi connectivity index (χ1v) is 9.13. The van der Waals surface area contributed by atoms with E-state index in [0.717, 1.165) is 24.8 Å². The third kappa shape index (κ3) is 4.05. The van der Waals surface area contributed by atoms with E-state index >= 15 is 0 Å². The second kappa shape index (κ2) is 7.38. The number of hydrogen-bond donors (Lipinski definition) is 2. The number of aliphatic hydroxyl groups is 1. The van der Waals surface area contributed by atoms with Crippen LogP contribution in [-0.4, -0.2) is 19.1 Å². The van der Waals surface area contributed by atoms with Crippen molar-refractivity contribution in [1.82, 2.24) is 4.72 Å². The lowest BCUT2D eigenvalue weighted by Gasteiger charge is -2.31. The van der Waals surface area contributed by atoms with E-state index in [-0.39, 0.29) is 11.5 Å². The van der Waals surface area contributed by atoms with Crippen LogP contribution in [0.25, 0.3) is 0 Å². The van der Waals surface area contributed by atoms with E-state index in [4.69, 9.17) is 0 Å². The van der Waals surface area contributed by atoms with Crippen molar-refractivity contribution in [2.45, 2.75) is 70.4 Å². The first kappa shape index (κ1) is 18.1. The highest BCUT2D eigenvalue weighted by Gasteiger charge is 2.31. The Labute approximate surface area is 128 Å². The lowest BCUT2D eigenvalue weighted by molar-refractivity contribution is 0.281. The molecule has 0 aliphatic carbocycles. The van der Waals surface area contributed by atoms with Crippen LogP contribution in [0.5, 0.6) is 0 Å². The first-order chi connectivity index (χ1) is 9.87. The molecular formula is C16H27NO3S. The van der Waals surface area contributed by atoms with Crippen LogP contribution in [0.2, 0.25) is 0 Å². The topological polar surface area (TPSA) is 66.4 Å². The van der Waals surface area contributed by atoms with Crippen LogP contribution in [0.4, 0.5) is 0 Å². The number of sulfonamides is 1. The second-order valence-corrected chi connectivity index (χ2v) is 7.05. The fourth-order valence-corrected chi connectivity index (χ4v) is 4.52. The van der Waals surface area contributed by atoms with Crippen molar-refractivity contribution in [3.63, 3.8) is 0 Å². The molecule has 1 aromatic rings. The Bertz CT molecular complexity index is 555. The van der Waals surface area contributed by atoms with E-state index in [2.05, 4.69) is 4.72 Å². The van der Waals surface area contributed by atoms with E-state index in [1.54, 1.807) is 18.2 Å². The molecule has 0 unspecified atom stereocenters. The fraction of sp³-hybridized carbons (Fsp3) is 0.625. The van der Waals surface area contributed by atoms with Crippen LogP contribution < -0.4 is 4.72 Å². The zero-order valence-electron chi connectivity index (χ0n) is 13.4. The van der Waals surface area contributed by atoms with E-state index in [0.29, 0.717) is 12.0 Å². The van der Waals surface area contributed by atoms with E-state index in [1.807, 2.05) is 27.7 Å². The number of aryl methyl sites for hydroxylation is 1. The van der Waals surface area contributed by atoms with Crippen molar-refractivity contribution in [2.24, 2.45) is 0 Å². The molecule has 0 saturated heterocycles. The van der Waals surface area contributed by atoms with Gasteiger partial charge in [0.25, 0.3) is 0 Å². The number of rotatable bonds is 8. The van der Waals surface area contributed by atoms with Gasteiger partial charge in [0.1, 0.15) is 0 Å². The Hall–Kier alpha value is -0.910. The summed E-state index contributed by atoms with van der Waals surface area (Å²) in [6, 6.07) is 5.13. The molecule has 1 aromatic carbocycles. The van der Waals surface area contributed by atoms with Crippen molar-refractivity contribution in [2.75, 3.05) is 0 Å². The molecule has 0 spiro atoms. The van der Waals surface area contributed by atoms with Gasteiger partial charge in [-0.1, -0.05) is 39.8 Å². The van der Waals surface area contributed by atoms with Crippen molar-refractivity contribution < 1.29 is 13.5 Å². The summed E-state index contributed by atoms with van der Waals surface area (Å²) in [5.41, 5.74) is 0.985. The molecule has 2 N–H and O–H groups in total. The standard InChI is InChI=1S/C16H27NO3S/c1-5-14-10-9-13(12-18)11-15(14)21(19,20)17-16(6-2,7-3)8-4/h9-11,17-18H,5-8,12H2,1-4H3. The molecular weight excluding hydrogens is 286 g/mol. The Kier molecular flexibility index (Phi) is 6.38. The zero-order chi connectivity index (χ0) is 16.1. The Morgan fingerprint density at radius 2 is 1.67 bits per heavy atom. The summed E-state index contributed by atoms with van der Waals surface area (Å²) in [7, 11) is -3.59. The van der Waals surface area contributed by atoms with Gasteiger partial charge in [0, 0.05) is 5.54 Å². The van der Waals surface area contributed by atoms with Gasteiger partial charge in [0.2, 0.25) is 10.0 Å². The normalized spacial score (nSPS) is 12.6. The Morgan fingerprint density at radius 3 is 2.10 bits per heavy atom. The van der Waals surface area contributed by atoms with E-state index in [1.165, 1.54) is 0 Å². The molecule has 21 heavy (non-hydrogen) atoms. The van der Waals surface area contributed by atoms with Crippen LogP contribution in [0.15, 0.2) is 23.1 Å². The third-order valence-corrected chi connectivity index (χ3v) is 6.03. The predicted molar refractivity (Wildman–Crippen MR) is 85.7 cm³/mol. The molecule has 0 radical (unpaired) electrons. The van der Waals surface area contributed by atoms with E-state index in [9.17, 15) is 13.5 Å². The average Bonchev–Trinajstić information content (AvgIpc) is 2.52. The summed E-state index contributed by atoms with van der Waals surface area (Å²) in [5, 5.41) is 9.25. The van der Waals surface area contributed by atoms with Crippen LogP contribution in [-0.2, 0) is 23.1 Å². The summed E-state index contributed by atoms with van der Waals surface area (Å²) < 4.78 is 28.4. The highest BCUT2D eigenvalue weighted by atomic mass is 32.2. The SMILES string of the molecule is CCc1ccc(CO)cc1S(=O)(=O)NC(CC)(CC)CC. The number of hydrogen-bond acceptors (Lipinski definition) is 3. The van der Waals surface area contributed by atoms with Gasteiger partial charge in [-0.2, -0.15) is 0 Å². The van der Waals surface area contributed by atoms with Gasteiger partial charge in [-0.05, 0) is 42.9 Å². The molecule has 0 atom stereocenters. The molecule has 0 saturated carbocycles. The molecule has 0 amide bonds. The smallest absolute Gasteiger partial charge is 0.241 e. The maximum Gasteiger partial charge on any atom is 0.241 e. The minimum atomic E-state index is -3.59. The van der Waals surface area contributed by atoms with Crippen molar-refractivity contribution >= 4 is 10.0 Å². The van der Waals surface area contributed by atoms with Gasteiger partial charge in [0.15, 0.2) is 0 Å². The fourth-order valence-electron chi connectivity index (χ4n) is 2.55. The molecule has 0 aromatic heterocycles. The first-order valence-electron chi connectivity index (χ1n) is 7.64. The quantitative estimate of drug-likeness (QED) is 0.775. The molecule has 0 bridgehead atoms. The Balaban J connectivity index is 3.30. The maximum absolute atomic E-state index is 12.8. The van der Waals surface area contributed by atoms with Gasteiger partial charge in [-0.25, -0.2) is 13.1 Å². The summed E-state index contributed by atoms with van der Waals surface area (Å²) >= 11 is 0. The van der Waals surface area contributed by atoms with Crippen LogP contribution in [0, 0.1) is 0 Å². The van der Waals surface area contributed by atoms with Gasteiger partial charge in [-0.15, -0.1) is 0 Å². The molecule has 0 aliphatic rings. The molecule has 120 valence electrons. The predicted octanol–water partition coefficient (Wildman–Crippen LogP) is 2.99. The van der Waals surface area contributed by atoms with Crippen molar-refractivity contribution in [3.8, 4) is 0 Å². The van der Waals surface area contributed by atoms with Crippen LogP contribution in [0.1, 0.15) is 58.1 Å². The molecule has 1 rings (SSSR count). The molecule has 0 fully saturated rings. The number of nitrogens with one attached hydrogen (secondary N) is 1. The monoisotopic (exact) mass is 313 g/mol. The minimum absolute atomic E-state index is 0.160. The van der Waals surface area contributed by atoms with Gasteiger partial charge in [-0.3, -0.25) is 0 Å². The summed E-state index contributed by atoms with van der Waals surface area (Å²) in [5.74, 6) is 0. The van der Waals surface area contributed by atoms with Crippen molar-refractivity contribution in [1.29, 1.82) is 0 Å². The molecule has 0 heterocycles. The highest BCUT2D eigenvalue weighted by molar-refractivity contribution is 7.89. The maximum atomic E-state index is 12.8. The van der Waals surface area contributed by atoms with Crippen LogP contribution >= 0.6 is 0 Å². The third-order valence-electron chi connectivity index (χ3n) is 4.37. The number of aliphatic hydroxyl groups excluding tert-OH is 1. The lowest BCUT2D eigenvalue weighted by atomic mass is 9.91. The van der Waals surface area contributed by atoms with Gasteiger partial charge >= 0.3 is 0 Å². The summed E-state index contributed by atoms with van der Waals surface area (Å²) in [4.78, 5) is 0.288. The highest BCUT2D eigenvalue weighted by Crippen LogP contribution is 2.25. The van der Waals surface area contributed by atoms with Crippen LogP contribution in [0.3, 0.4) is 0 Å². The molecule has 0 aliphatic heterocycles. The van der Waals surface area contributed by atoms with Gasteiger partial charge < -0.3 is 5.11 Å². The van der Waals surface area contributed by atoms with Gasteiger partial charge in [0.05, 0.1) is 11.5 Å². The van der Waals surface area contributed by atoms with Crippen molar-refractivity contribution in [3.05, 3.63) is 29.3 Å². The molecule has 4 nitrogen and oxygen atoms in total. The molecule has 5 heteroatoms. The average molecular weight is 313 g/mol. The number of benzene rings is 1. The zero-order valence-corrected chi connectivity index (χ0v) is 14.3. The summed E-state index contributed by atoms with van der Waals surface area (Å²) in [6.45, 7) is 7.77. The summed E-state index contributed by atoms with van der Waals surface area (Å²) in [6.07, 6.45) is 2.89. The van der Waals surface area contributed by atoms with E-state index < -0.39 is 15.6 Å². The second-order valence-electron chi connectivity index (χ2n) is 5.40.